The van der Waals surface area contributed by atoms with Gasteiger partial charge >= 0.3 is 6.18 Å². The summed E-state index contributed by atoms with van der Waals surface area (Å²) >= 11 is 0. The number of hydrogen-bond donors (Lipinski definition) is 3. The maximum atomic E-state index is 12.9. The van der Waals surface area contributed by atoms with E-state index in [2.05, 4.69) is 15.3 Å². The Morgan fingerprint density at radius 3 is 2.62 bits per heavy atom. The topological polar surface area (TPSA) is 108 Å². The van der Waals surface area contributed by atoms with Crippen LogP contribution in [-0.4, -0.2) is 32.6 Å². The Labute approximate surface area is 162 Å². The van der Waals surface area contributed by atoms with E-state index in [1.165, 1.54) is 19.1 Å². The molecule has 0 aliphatic carbocycles. The van der Waals surface area contributed by atoms with Crippen LogP contribution in [0.5, 0.6) is 5.75 Å². The number of aliphatic hydroxyl groups is 1. The highest BCUT2D eigenvalue weighted by Gasteiger charge is 2.39. The van der Waals surface area contributed by atoms with E-state index in [4.69, 9.17) is 4.42 Å². The van der Waals surface area contributed by atoms with Gasteiger partial charge in [0.25, 0.3) is 0 Å². The Morgan fingerprint density at radius 1 is 1.24 bits per heavy atom. The van der Waals surface area contributed by atoms with Crippen LogP contribution in [0.1, 0.15) is 29.9 Å². The number of halogens is 3. The summed E-state index contributed by atoms with van der Waals surface area (Å²) in [5, 5.41) is 23.4. The summed E-state index contributed by atoms with van der Waals surface area (Å²) in [4.78, 5) is 19.8. The van der Waals surface area contributed by atoms with Crippen LogP contribution in [0, 0.1) is 6.92 Å². The van der Waals surface area contributed by atoms with Gasteiger partial charge in [-0.1, -0.05) is 0 Å². The van der Waals surface area contributed by atoms with Crippen molar-refractivity contribution >= 4 is 17.1 Å². The number of carbonyl (C=O) groups excluding carboxylic acids is 1. The minimum absolute atomic E-state index is 0.00878. The molecule has 1 atom stereocenters. The number of nitrogens with one attached hydrogen (secondary N) is 1. The lowest BCUT2D eigenvalue weighted by Crippen LogP contribution is -2.46. The molecule has 3 N–H and O–H groups in total. The molecule has 1 saturated heterocycles. The zero-order valence-electron chi connectivity index (χ0n) is 15.2. The van der Waals surface area contributed by atoms with E-state index in [0.29, 0.717) is 6.07 Å². The van der Waals surface area contributed by atoms with Crippen molar-refractivity contribution in [3.8, 4) is 17.0 Å². The molecular weight excluding hydrogens is 391 g/mol. The fourth-order valence-corrected chi connectivity index (χ4v) is 3.35. The molecule has 4 rings (SSSR count). The number of oxazole rings is 1. The SMILES string of the molecule is Cc1cc(C(F)(F)F)cc(O)c1-c1ccc2oc(C3(O)CCC(=O)NC3)nc2n1. The lowest BCUT2D eigenvalue weighted by atomic mass is 9.94. The molecule has 1 aromatic carbocycles. The summed E-state index contributed by atoms with van der Waals surface area (Å²) in [5.41, 5.74) is -1.48. The molecule has 152 valence electrons. The first-order valence-electron chi connectivity index (χ1n) is 8.75. The minimum Gasteiger partial charge on any atom is -0.507 e. The third kappa shape index (κ3) is 3.39. The molecular formula is C19H16F3N3O4. The van der Waals surface area contributed by atoms with Crippen LogP contribution in [0.15, 0.2) is 28.7 Å². The number of piperidine rings is 1. The molecule has 0 radical (unpaired) electrons. The number of benzene rings is 1. The molecule has 10 heteroatoms. The summed E-state index contributed by atoms with van der Waals surface area (Å²) < 4.78 is 44.4. The smallest absolute Gasteiger partial charge is 0.416 e. The normalized spacial score (nSPS) is 20.1. The Balaban J connectivity index is 1.75. The number of rotatable bonds is 2. The predicted octanol–water partition coefficient (Wildman–Crippen LogP) is 3.02. The fraction of sp³-hybridized carbons (Fsp3) is 0.316. The maximum absolute atomic E-state index is 12.9. The van der Waals surface area contributed by atoms with E-state index in [0.717, 1.165) is 6.07 Å². The van der Waals surface area contributed by atoms with E-state index >= 15 is 0 Å². The zero-order valence-corrected chi connectivity index (χ0v) is 15.2. The van der Waals surface area contributed by atoms with Gasteiger partial charge in [-0.05, 0) is 43.2 Å². The summed E-state index contributed by atoms with van der Waals surface area (Å²) in [6, 6.07) is 4.58. The average molecular weight is 407 g/mol. The number of alkyl halides is 3. The second-order valence-electron chi connectivity index (χ2n) is 7.03. The highest BCUT2D eigenvalue weighted by molar-refractivity contribution is 5.78. The van der Waals surface area contributed by atoms with Crippen LogP contribution >= 0.6 is 0 Å². The van der Waals surface area contributed by atoms with Crippen molar-refractivity contribution in [3.63, 3.8) is 0 Å². The second-order valence-corrected chi connectivity index (χ2v) is 7.03. The van der Waals surface area contributed by atoms with Gasteiger partial charge in [0, 0.05) is 12.0 Å². The molecule has 2 aromatic heterocycles. The Kier molecular flexibility index (Phi) is 4.26. The molecule has 3 heterocycles. The quantitative estimate of drug-likeness (QED) is 0.603. The molecule has 0 spiro atoms. The molecule has 0 bridgehead atoms. The number of aromatic nitrogens is 2. The van der Waals surface area contributed by atoms with Gasteiger partial charge in [-0.25, -0.2) is 4.98 Å². The molecule has 0 saturated carbocycles. The fourth-order valence-electron chi connectivity index (χ4n) is 3.35. The van der Waals surface area contributed by atoms with Crippen molar-refractivity contribution in [1.29, 1.82) is 0 Å². The lowest BCUT2D eigenvalue weighted by molar-refractivity contribution is -0.137. The highest BCUT2D eigenvalue weighted by Crippen LogP contribution is 2.39. The van der Waals surface area contributed by atoms with Gasteiger partial charge in [0.15, 0.2) is 16.8 Å². The Morgan fingerprint density at radius 2 is 2.00 bits per heavy atom. The van der Waals surface area contributed by atoms with Crippen LogP contribution in [0.3, 0.4) is 0 Å². The number of hydrogen-bond acceptors (Lipinski definition) is 6. The van der Waals surface area contributed by atoms with Crippen LogP contribution < -0.4 is 5.32 Å². The molecule has 1 amide bonds. The molecule has 1 aliphatic heterocycles. The van der Waals surface area contributed by atoms with Crippen molar-refractivity contribution in [2.75, 3.05) is 6.54 Å². The average Bonchev–Trinajstić information content (AvgIpc) is 3.07. The number of carbonyl (C=O) groups is 1. The predicted molar refractivity (Wildman–Crippen MR) is 94.8 cm³/mol. The minimum atomic E-state index is -4.58. The zero-order chi connectivity index (χ0) is 21.0. The number of fused-ring (bicyclic) bond motifs is 1. The third-order valence-corrected chi connectivity index (χ3v) is 4.89. The van der Waals surface area contributed by atoms with E-state index in [9.17, 15) is 28.2 Å². The number of aryl methyl sites for hydroxylation is 1. The van der Waals surface area contributed by atoms with Crippen LogP contribution in [-0.2, 0) is 16.6 Å². The summed E-state index contributed by atoms with van der Waals surface area (Å²) in [5.74, 6) is -0.744. The molecule has 1 unspecified atom stereocenters. The van der Waals surface area contributed by atoms with E-state index in [1.54, 1.807) is 0 Å². The van der Waals surface area contributed by atoms with Gasteiger partial charge in [-0.15, -0.1) is 0 Å². The maximum Gasteiger partial charge on any atom is 0.416 e. The number of nitrogens with zero attached hydrogens (tertiary/aromatic N) is 2. The Hall–Kier alpha value is -3.14. The van der Waals surface area contributed by atoms with Gasteiger partial charge in [0.1, 0.15) is 5.75 Å². The Bertz CT molecular complexity index is 1090. The van der Waals surface area contributed by atoms with Crippen LogP contribution in [0.2, 0.25) is 0 Å². The van der Waals surface area contributed by atoms with Crippen molar-refractivity contribution in [3.05, 3.63) is 41.3 Å². The second kappa shape index (κ2) is 6.45. The van der Waals surface area contributed by atoms with Crippen molar-refractivity contribution in [1.82, 2.24) is 15.3 Å². The third-order valence-electron chi connectivity index (χ3n) is 4.89. The number of phenolic OH excluding ortho intramolecular Hbond substituents is 1. The monoisotopic (exact) mass is 407 g/mol. The number of amides is 1. The van der Waals surface area contributed by atoms with Crippen molar-refractivity contribution in [2.24, 2.45) is 0 Å². The lowest BCUT2D eigenvalue weighted by Gasteiger charge is -2.28. The van der Waals surface area contributed by atoms with E-state index in [1.807, 2.05) is 0 Å². The van der Waals surface area contributed by atoms with Crippen molar-refractivity contribution in [2.45, 2.75) is 31.5 Å². The van der Waals surface area contributed by atoms with E-state index < -0.39 is 23.1 Å². The summed E-state index contributed by atoms with van der Waals surface area (Å²) in [6.07, 6.45) is -4.33. The van der Waals surface area contributed by atoms with Gasteiger partial charge < -0.3 is 19.9 Å². The first-order valence-corrected chi connectivity index (χ1v) is 8.75. The molecule has 3 aromatic rings. The van der Waals surface area contributed by atoms with Crippen LogP contribution in [0.4, 0.5) is 13.2 Å². The molecule has 29 heavy (non-hydrogen) atoms. The summed E-state index contributed by atoms with van der Waals surface area (Å²) in [7, 11) is 0. The molecule has 1 aliphatic rings. The van der Waals surface area contributed by atoms with Crippen molar-refractivity contribution < 1.29 is 32.6 Å². The standard InChI is InChI=1S/C19H16F3N3O4/c1-9-6-10(19(20,21)22)7-12(26)15(9)11-2-3-13-16(24-11)25-17(29-13)18(28)5-4-14(27)23-8-18/h2-3,6-7,26,28H,4-5,8H2,1H3,(H,23,27). The molecule has 7 nitrogen and oxygen atoms in total. The van der Waals surface area contributed by atoms with E-state index in [-0.39, 0.29) is 59.2 Å². The summed E-state index contributed by atoms with van der Waals surface area (Å²) in [6.45, 7) is 1.39. The highest BCUT2D eigenvalue weighted by atomic mass is 19.4. The van der Waals surface area contributed by atoms with Gasteiger partial charge in [-0.2, -0.15) is 18.2 Å². The van der Waals surface area contributed by atoms with Gasteiger partial charge in [0.2, 0.25) is 11.8 Å². The number of β-amino-alcohol motifs (C(OH)–C–C–N with tert-alkyl or cyclic N) is 1. The number of pyridine rings is 1. The van der Waals surface area contributed by atoms with Gasteiger partial charge in [-0.3, -0.25) is 4.79 Å². The molecule has 1 fully saturated rings. The first kappa shape index (κ1) is 19.2. The first-order chi connectivity index (χ1) is 13.6. The largest absolute Gasteiger partial charge is 0.507 e. The number of aromatic hydroxyl groups is 1. The van der Waals surface area contributed by atoms with Gasteiger partial charge in [0.05, 0.1) is 17.8 Å². The number of phenols is 1. The van der Waals surface area contributed by atoms with Crippen LogP contribution in [0.25, 0.3) is 22.5 Å².